The Morgan fingerprint density at radius 1 is 1.05 bits per heavy atom. The van der Waals surface area contributed by atoms with Crippen LogP contribution in [-0.2, 0) is 0 Å². The van der Waals surface area contributed by atoms with Gasteiger partial charge in [0.2, 0.25) is 0 Å². The van der Waals surface area contributed by atoms with Crippen molar-refractivity contribution in [3.8, 4) is 11.5 Å². The molecule has 22 heavy (non-hydrogen) atoms. The number of rotatable bonds is 3. The predicted molar refractivity (Wildman–Crippen MR) is 85.2 cm³/mol. The standard InChI is InChI=1S/C17H20FN3O/c1-13-3-4-14(11-16(13)18)22-15-5-6-19-17(12-15)21-9-7-20(2)8-10-21/h3-6,11-12H,7-10H2,1-2H3. The number of likely N-dealkylation sites (N-methyl/N-ethyl adjacent to an activating group) is 1. The van der Waals surface area contributed by atoms with Gasteiger partial charge >= 0.3 is 0 Å². The molecule has 0 unspecified atom stereocenters. The third-order valence-corrected chi connectivity index (χ3v) is 3.92. The lowest BCUT2D eigenvalue weighted by molar-refractivity contribution is 0.312. The lowest BCUT2D eigenvalue weighted by Crippen LogP contribution is -2.44. The largest absolute Gasteiger partial charge is 0.457 e. The predicted octanol–water partition coefficient (Wildman–Crippen LogP) is 3.07. The SMILES string of the molecule is Cc1ccc(Oc2ccnc(N3CCN(C)CC3)c2)cc1F. The minimum absolute atomic E-state index is 0.258. The van der Waals surface area contributed by atoms with Crippen molar-refractivity contribution in [2.75, 3.05) is 38.1 Å². The summed E-state index contributed by atoms with van der Waals surface area (Å²) in [6, 6.07) is 8.59. The van der Waals surface area contributed by atoms with Crippen molar-refractivity contribution in [3.05, 3.63) is 47.9 Å². The van der Waals surface area contributed by atoms with E-state index in [0.29, 0.717) is 17.1 Å². The van der Waals surface area contributed by atoms with Crippen molar-refractivity contribution in [1.82, 2.24) is 9.88 Å². The molecule has 1 saturated heterocycles. The maximum atomic E-state index is 13.6. The van der Waals surface area contributed by atoms with Crippen LogP contribution in [0, 0.1) is 12.7 Å². The van der Waals surface area contributed by atoms with Gasteiger partial charge in [0.25, 0.3) is 0 Å². The van der Waals surface area contributed by atoms with Crippen molar-refractivity contribution in [3.63, 3.8) is 0 Å². The fourth-order valence-corrected chi connectivity index (χ4v) is 2.44. The van der Waals surface area contributed by atoms with E-state index in [0.717, 1.165) is 32.0 Å². The number of hydrogen-bond donors (Lipinski definition) is 0. The maximum absolute atomic E-state index is 13.6. The Morgan fingerprint density at radius 3 is 2.50 bits per heavy atom. The monoisotopic (exact) mass is 301 g/mol. The topological polar surface area (TPSA) is 28.6 Å². The summed E-state index contributed by atoms with van der Waals surface area (Å²) >= 11 is 0. The quantitative estimate of drug-likeness (QED) is 0.871. The number of pyridine rings is 1. The second-order valence-corrected chi connectivity index (χ2v) is 5.65. The highest BCUT2D eigenvalue weighted by Gasteiger charge is 2.15. The lowest BCUT2D eigenvalue weighted by atomic mass is 10.2. The molecule has 0 radical (unpaired) electrons. The van der Waals surface area contributed by atoms with Crippen molar-refractivity contribution < 1.29 is 9.13 Å². The molecule has 1 aliphatic heterocycles. The Bertz CT molecular complexity index is 654. The second kappa shape index (κ2) is 6.32. The number of aryl methyl sites for hydroxylation is 1. The molecule has 1 fully saturated rings. The van der Waals surface area contributed by atoms with Gasteiger partial charge in [0, 0.05) is 44.5 Å². The van der Waals surface area contributed by atoms with E-state index >= 15 is 0 Å². The third kappa shape index (κ3) is 3.36. The van der Waals surface area contributed by atoms with Crippen LogP contribution in [0.2, 0.25) is 0 Å². The van der Waals surface area contributed by atoms with E-state index < -0.39 is 0 Å². The van der Waals surface area contributed by atoms with Crippen LogP contribution < -0.4 is 9.64 Å². The highest BCUT2D eigenvalue weighted by Crippen LogP contribution is 2.26. The molecule has 2 aromatic rings. The van der Waals surface area contributed by atoms with E-state index in [1.165, 1.54) is 6.07 Å². The van der Waals surface area contributed by atoms with Crippen LogP contribution in [0.1, 0.15) is 5.56 Å². The van der Waals surface area contributed by atoms with E-state index in [-0.39, 0.29) is 5.82 Å². The maximum Gasteiger partial charge on any atom is 0.132 e. The Labute approximate surface area is 130 Å². The number of nitrogens with zero attached hydrogens (tertiary/aromatic N) is 3. The summed E-state index contributed by atoms with van der Waals surface area (Å²) < 4.78 is 19.3. The Morgan fingerprint density at radius 2 is 1.77 bits per heavy atom. The van der Waals surface area contributed by atoms with Crippen LogP contribution in [0.3, 0.4) is 0 Å². The van der Waals surface area contributed by atoms with E-state index in [1.807, 2.05) is 6.07 Å². The fraction of sp³-hybridized carbons (Fsp3) is 0.353. The molecular formula is C17H20FN3O. The molecule has 0 amide bonds. The summed E-state index contributed by atoms with van der Waals surface area (Å²) in [5, 5.41) is 0. The number of halogens is 1. The lowest BCUT2D eigenvalue weighted by Gasteiger charge is -2.33. The van der Waals surface area contributed by atoms with Crippen molar-refractivity contribution in [2.45, 2.75) is 6.92 Å². The van der Waals surface area contributed by atoms with Gasteiger partial charge in [-0.1, -0.05) is 6.07 Å². The van der Waals surface area contributed by atoms with Gasteiger partial charge in [-0.05, 0) is 31.7 Å². The van der Waals surface area contributed by atoms with Crippen LogP contribution in [0.5, 0.6) is 11.5 Å². The van der Waals surface area contributed by atoms with Gasteiger partial charge in [-0.25, -0.2) is 9.37 Å². The number of anilines is 1. The second-order valence-electron chi connectivity index (χ2n) is 5.65. The summed E-state index contributed by atoms with van der Waals surface area (Å²) in [6.45, 7) is 5.68. The molecule has 0 spiro atoms. The summed E-state index contributed by atoms with van der Waals surface area (Å²) in [5.41, 5.74) is 0.611. The zero-order valence-electron chi connectivity index (χ0n) is 12.9. The first-order chi connectivity index (χ1) is 10.6. The summed E-state index contributed by atoms with van der Waals surface area (Å²) in [4.78, 5) is 8.95. The first-order valence-electron chi connectivity index (χ1n) is 7.45. The Kier molecular flexibility index (Phi) is 4.24. The van der Waals surface area contributed by atoms with Gasteiger partial charge in [0.05, 0.1) is 0 Å². The highest BCUT2D eigenvalue weighted by molar-refractivity contribution is 5.45. The number of hydrogen-bond acceptors (Lipinski definition) is 4. The van der Waals surface area contributed by atoms with Crippen molar-refractivity contribution in [2.24, 2.45) is 0 Å². The highest BCUT2D eigenvalue weighted by atomic mass is 19.1. The molecule has 1 aromatic carbocycles. The zero-order chi connectivity index (χ0) is 15.5. The van der Waals surface area contributed by atoms with Crippen LogP contribution in [0.15, 0.2) is 36.5 Å². The molecule has 0 N–H and O–H groups in total. The molecule has 2 heterocycles. The average molecular weight is 301 g/mol. The molecule has 3 rings (SSSR count). The van der Waals surface area contributed by atoms with Gasteiger partial charge in [-0.15, -0.1) is 0 Å². The molecule has 0 atom stereocenters. The van der Waals surface area contributed by atoms with Crippen LogP contribution in [0.4, 0.5) is 10.2 Å². The van der Waals surface area contributed by atoms with E-state index in [1.54, 1.807) is 31.3 Å². The average Bonchev–Trinajstić information content (AvgIpc) is 2.52. The molecule has 116 valence electrons. The van der Waals surface area contributed by atoms with Gasteiger partial charge in [0.15, 0.2) is 0 Å². The molecular weight excluding hydrogens is 281 g/mol. The first kappa shape index (κ1) is 14.8. The molecule has 1 aromatic heterocycles. The molecule has 0 saturated carbocycles. The molecule has 1 aliphatic rings. The van der Waals surface area contributed by atoms with Crippen molar-refractivity contribution in [1.29, 1.82) is 0 Å². The number of benzene rings is 1. The van der Waals surface area contributed by atoms with E-state index in [9.17, 15) is 4.39 Å². The van der Waals surface area contributed by atoms with E-state index in [4.69, 9.17) is 4.74 Å². The number of ether oxygens (including phenoxy) is 1. The van der Waals surface area contributed by atoms with Gasteiger partial charge in [0.1, 0.15) is 23.1 Å². The van der Waals surface area contributed by atoms with Crippen LogP contribution >= 0.6 is 0 Å². The van der Waals surface area contributed by atoms with E-state index in [2.05, 4.69) is 21.8 Å². The summed E-state index contributed by atoms with van der Waals surface area (Å²) in [5.74, 6) is 1.81. The molecule has 0 bridgehead atoms. The first-order valence-corrected chi connectivity index (χ1v) is 7.45. The number of aromatic nitrogens is 1. The smallest absolute Gasteiger partial charge is 0.132 e. The normalized spacial score (nSPS) is 15.9. The summed E-state index contributed by atoms with van der Waals surface area (Å²) in [6.07, 6.45) is 1.73. The van der Waals surface area contributed by atoms with Gasteiger partial charge in [-0.2, -0.15) is 0 Å². The summed E-state index contributed by atoms with van der Waals surface area (Å²) in [7, 11) is 2.12. The van der Waals surface area contributed by atoms with Gasteiger partial charge < -0.3 is 14.5 Å². The minimum Gasteiger partial charge on any atom is -0.457 e. The Balaban J connectivity index is 1.74. The molecule has 5 heteroatoms. The zero-order valence-corrected chi connectivity index (χ0v) is 12.9. The Hall–Kier alpha value is -2.14. The molecule has 4 nitrogen and oxygen atoms in total. The van der Waals surface area contributed by atoms with Crippen molar-refractivity contribution >= 4 is 5.82 Å². The number of piperazine rings is 1. The fourth-order valence-electron chi connectivity index (χ4n) is 2.44. The van der Waals surface area contributed by atoms with Crippen LogP contribution in [-0.4, -0.2) is 43.1 Å². The van der Waals surface area contributed by atoms with Gasteiger partial charge in [-0.3, -0.25) is 0 Å². The van der Waals surface area contributed by atoms with Crippen LogP contribution in [0.25, 0.3) is 0 Å². The minimum atomic E-state index is -0.258. The third-order valence-electron chi connectivity index (χ3n) is 3.92. The molecule has 0 aliphatic carbocycles.